The number of hydrogen-bond donors (Lipinski definition) is 1. The van der Waals surface area contributed by atoms with Crippen molar-refractivity contribution in [2.75, 3.05) is 20.8 Å². The molecular formula is C28H26N2O7. The molecule has 3 aromatic carbocycles. The topological polar surface area (TPSA) is 119 Å². The molecule has 0 aromatic heterocycles. The van der Waals surface area contributed by atoms with Gasteiger partial charge in [-0.1, -0.05) is 35.9 Å². The zero-order valence-electron chi connectivity index (χ0n) is 20.6. The van der Waals surface area contributed by atoms with E-state index in [1.165, 1.54) is 43.4 Å². The molecule has 0 spiro atoms. The standard InChI is InChI=1S/C28H26N2O7/c1-17-4-7-20(8-5-17)26(31)24-25(19-9-11-21(12-10-19)30(34)35)29(28(33)27(24)32)15-14-18-6-13-22(36-2)23(16-18)37-3/h4-13,16,25,31H,14-15H2,1-3H3/t25-/m0/s1. The Morgan fingerprint density at radius 3 is 2.22 bits per heavy atom. The number of carbonyl (C=O) groups excluding carboxylic acids is 2. The second-order valence-corrected chi connectivity index (χ2v) is 8.65. The Labute approximate surface area is 213 Å². The number of aliphatic hydroxyl groups is 1. The molecule has 4 rings (SSSR count). The van der Waals surface area contributed by atoms with Crippen molar-refractivity contribution in [3.63, 3.8) is 0 Å². The van der Waals surface area contributed by atoms with Crippen molar-refractivity contribution in [3.05, 3.63) is 105 Å². The highest BCUT2D eigenvalue weighted by molar-refractivity contribution is 6.46. The quantitative estimate of drug-likeness (QED) is 0.157. The molecule has 0 bridgehead atoms. The number of benzene rings is 3. The van der Waals surface area contributed by atoms with E-state index < -0.39 is 22.7 Å². The van der Waals surface area contributed by atoms with E-state index in [9.17, 15) is 24.8 Å². The average molecular weight is 503 g/mol. The monoisotopic (exact) mass is 502 g/mol. The van der Waals surface area contributed by atoms with Crippen molar-refractivity contribution >= 4 is 23.1 Å². The summed E-state index contributed by atoms with van der Waals surface area (Å²) in [5.74, 6) is -0.759. The van der Waals surface area contributed by atoms with Crippen LogP contribution in [0.3, 0.4) is 0 Å². The van der Waals surface area contributed by atoms with Gasteiger partial charge in [-0.3, -0.25) is 19.7 Å². The minimum Gasteiger partial charge on any atom is -0.507 e. The first-order chi connectivity index (χ1) is 17.7. The van der Waals surface area contributed by atoms with Crippen molar-refractivity contribution in [2.45, 2.75) is 19.4 Å². The van der Waals surface area contributed by atoms with E-state index in [0.717, 1.165) is 11.1 Å². The van der Waals surface area contributed by atoms with E-state index in [0.29, 0.717) is 29.0 Å². The molecule has 3 aromatic rings. The van der Waals surface area contributed by atoms with Crippen LogP contribution in [0, 0.1) is 17.0 Å². The summed E-state index contributed by atoms with van der Waals surface area (Å²) in [7, 11) is 3.06. The SMILES string of the molecule is COc1ccc(CCN2C(=O)C(=O)C(=C(O)c3ccc(C)cc3)[C@@H]2c2ccc([N+](=O)[O-])cc2)cc1OC. The molecule has 0 radical (unpaired) electrons. The van der Waals surface area contributed by atoms with Gasteiger partial charge in [0.2, 0.25) is 0 Å². The lowest BCUT2D eigenvalue weighted by Crippen LogP contribution is -2.31. The summed E-state index contributed by atoms with van der Waals surface area (Å²) >= 11 is 0. The second-order valence-electron chi connectivity index (χ2n) is 8.65. The van der Waals surface area contributed by atoms with Gasteiger partial charge in [0.15, 0.2) is 11.5 Å². The fraction of sp³-hybridized carbons (Fsp3) is 0.214. The van der Waals surface area contributed by atoms with Crippen LogP contribution in [-0.2, 0) is 16.0 Å². The van der Waals surface area contributed by atoms with Gasteiger partial charge >= 0.3 is 0 Å². The number of hydrogen-bond acceptors (Lipinski definition) is 7. The minimum absolute atomic E-state index is 0.0602. The number of nitro groups is 1. The molecule has 1 atom stereocenters. The number of methoxy groups -OCH3 is 2. The van der Waals surface area contributed by atoms with Gasteiger partial charge in [0.05, 0.1) is 30.8 Å². The van der Waals surface area contributed by atoms with Crippen LogP contribution in [0.15, 0.2) is 72.3 Å². The van der Waals surface area contributed by atoms with E-state index in [4.69, 9.17) is 9.47 Å². The smallest absolute Gasteiger partial charge is 0.295 e. The molecule has 0 saturated carbocycles. The summed E-state index contributed by atoms with van der Waals surface area (Å²) < 4.78 is 10.6. The first-order valence-corrected chi connectivity index (χ1v) is 11.6. The van der Waals surface area contributed by atoms with E-state index in [-0.39, 0.29) is 23.6 Å². The normalized spacial score (nSPS) is 16.6. The first-order valence-electron chi connectivity index (χ1n) is 11.6. The van der Waals surface area contributed by atoms with E-state index >= 15 is 0 Å². The van der Waals surface area contributed by atoms with Crippen molar-refractivity contribution in [2.24, 2.45) is 0 Å². The van der Waals surface area contributed by atoms with Gasteiger partial charge in [-0.05, 0) is 48.7 Å². The third-order valence-corrected chi connectivity index (χ3v) is 6.37. The van der Waals surface area contributed by atoms with Crippen molar-refractivity contribution in [3.8, 4) is 11.5 Å². The van der Waals surface area contributed by atoms with Gasteiger partial charge in [-0.15, -0.1) is 0 Å². The van der Waals surface area contributed by atoms with Gasteiger partial charge in [-0.2, -0.15) is 0 Å². The van der Waals surface area contributed by atoms with Crippen molar-refractivity contribution < 1.29 is 29.1 Å². The summed E-state index contributed by atoms with van der Waals surface area (Å²) in [5, 5.41) is 22.3. The van der Waals surface area contributed by atoms with Crippen molar-refractivity contribution in [1.29, 1.82) is 0 Å². The number of carbonyl (C=O) groups is 2. The highest BCUT2D eigenvalue weighted by Crippen LogP contribution is 2.40. The highest BCUT2D eigenvalue weighted by Gasteiger charge is 2.46. The highest BCUT2D eigenvalue weighted by atomic mass is 16.6. The molecule has 1 amide bonds. The van der Waals surface area contributed by atoms with Crippen LogP contribution in [0.25, 0.3) is 5.76 Å². The van der Waals surface area contributed by atoms with Gasteiger partial charge in [0.25, 0.3) is 17.4 Å². The number of nitro benzene ring substituents is 1. The summed E-state index contributed by atoms with van der Waals surface area (Å²) in [4.78, 5) is 38.4. The largest absolute Gasteiger partial charge is 0.507 e. The van der Waals surface area contributed by atoms with Crippen LogP contribution >= 0.6 is 0 Å². The van der Waals surface area contributed by atoms with Crippen LogP contribution in [-0.4, -0.2) is 47.4 Å². The molecule has 1 aliphatic rings. The Bertz CT molecular complexity index is 1380. The second kappa shape index (κ2) is 10.5. The van der Waals surface area contributed by atoms with Crippen LogP contribution in [0.5, 0.6) is 11.5 Å². The average Bonchev–Trinajstić information content (AvgIpc) is 3.16. The molecule has 0 unspecified atom stereocenters. The zero-order chi connectivity index (χ0) is 26.7. The fourth-order valence-corrected chi connectivity index (χ4v) is 4.39. The predicted molar refractivity (Wildman–Crippen MR) is 137 cm³/mol. The van der Waals surface area contributed by atoms with Gasteiger partial charge in [0.1, 0.15) is 5.76 Å². The van der Waals surface area contributed by atoms with E-state index in [1.807, 2.05) is 13.0 Å². The lowest BCUT2D eigenvalue weighted by atomic mass is 9.94. The number of rotatable bonds is 8. The van der Waals surface area contributed by atoms with Crippen LogP contribution in [0.2, 0.25) is 0 Å². The summed E-state index contributed by atoms with van der Waals surface area (Å²) in [5.41, 5.74) is 2.51. The Balaban J connectivity index is 1.75. The number of nitrogens with zero attached hydrogens (tertiary/aromatic N) is 2. The Hall–Kier alpha value is -4.66. The van der Waals surface area contributed by atoms with E-state index in [1.54, 1.807) is 36.4 Å². The number of aryl methyl sites for hydroxylation is 1. The lowest BCUT2D eigenvalue weighted by Gasteiger charge is -2.25. The number of aliphatic hydroxyl groups excluding tert-OH is 1. The number of likely N-dealkylation sites (tertiary alicyclic amines) is 1. The maximum Gasteiger partial charge on any atom is 0.295 e. The van der Waals surface area contributed by atoms with Gasteiger partial charge in [0, 0.05) is 24.2 Å². The summed E-state index contributed by atoms with van der Waals surface area (Å²) in [6, 6.07) is 17.0. The number of ether oxygens (including phenoxy) is 2. The molecule has 1 saturated heterocycles. The molecule has 1 fully saturated rings. The zero-order valence-corrected chi connectivity index (χ0v) is 20.6. The van der Waals surface area contributed by atoms with E-state index in [2.05, 4.69) is 0 Å². The molecule has 0 aliphatic carbocycles. The maximum atomic E-state index is 13.2. The predicted octanol–water partition coefficient (Wildman–Crippen LogP) is 4.58. The molecule has 1 N–H and O–H groups in total. The maximum absolute atomic E-state index is 13.2. The Morgan fingerprint density at radius 1 is 0.973 bits per heavy atom. The number of Topliss-reactive ketones (excluding diaryl/α,β-unsaturated/α-hetero) is 1. The third-order valence-electron chi connectivity index (χ3n) is 6.37. The van der Waals surface area contributed by atoms with Gasteiger partial charge in [-0.25, -0.2) is 0 Å². The molecular weight excluding hydrogens is 476 g/mol. The van der Waals surface area contributed by atoms with Gasteiger partial charge < -0.3 is 19.5 Å². The minimum atomic E-state index is -0.915. The fourth-order valence-electron chi connectivity index (χ4n) is 4.39. The molecule has 9 nitrogen and oxygen atoms in total. The molecule has 37 heavy (non-hydrogen) atoms. The first kappa shape index (κ1) is 25.4. The van der Waals surface area contributed by atoms with Crippen LogP contribution < -0.4 is 9.47 Å². The van der Waals surface area contributed by atoms with Crippen LogP contribution in [0.4, 0.5) is 5.69 Å². The van der Waals surface area contributed by atoms with Crippen LogP contribution in [0.1, 0.15) is 28.3 Å². The van der Waals surface area contributed by atoms with Crippen molar-refractivity contribution in [1.82, 2.24) is 4.90 Å². The Morgan fingerprint density at radius 2 is 1.62 bits per heavy atom. The number of amides is 1. The molecule has 1 heterocycles. The molecule has 1 aliphatic heterocycles. The third kappa shape index (κ3) is 5.02. The summed E-state index contributed by atoms with van der Waals surface area (Å²) in [6.45, 7) is 2.06. The lowest BCUT2D eigenvalue weighted by molar-refractivity contribution is -0.384. The summed E-state index contributed by atoms with van der Waals surface area (Å²) in [6.07, 6.45) is 0.390. The molecule has 9 heteroatoms. The number of ketones is 1. The Kier molecular flexibility index (Phi) is 7.24. The number of non-ortho nitro benzene ring substituents is 1. The molecule has 190 valence electrons.